The van der Waals surface area contributed by atoms with Crippen molar-refractivity contribution in [1.29, 1.82) is 0 Å². The monoisotopic (exact) mass is 330 g/mol. The van der Waals surface area contributed by atoms with E-state index >= 15 is 0 Å². The van der Waals surface area contributed by atoms with Gasteiger partial charge in [-0.15, -0.1) is 0 Å². The van der Waals surface area contributed by atoms with Crippen LogP contribution in [0.2, 0.25) is 0 Å². The molecule has 0 amide bonds. The van der Waals surface area contributed by atoms with E-state index in [2.05, 4.69) is 0 Å². The second-order valence-electron chi connectivity index (χ2n) is 5.18. The molecule has 0 radical (unpaired) electrons. The molecule has 1 aromatic carbocycles. The van der Waals surface area contributed by atoms with Gasteiger partial charge in [0.1, 0.15) is 35.9 Å². The summed E-state index contributed by atoms with van der Waals surface area (Å²) in [6, 6.07) is 3.73. The molecule has 1 aliphatic rings. The van der Waals surface area contributed by atoms with Gasteiger partial charge in [-0.1, -0.05) is 0 Å². The molecule has 0 spiro atoms. The molecule has 9 heteroatoms. The first-order valence-corrected chi connectivity index (χ1v) is 6.84. The number of aliphatic hydroxyl groups is 4. The lowest BCUT2D eigenvalue weighted by molar-refractivity contribution is -0.277. The molecule has 1 saturated heterocycles. The van der Waals surface area contributed by atoms with E-state index in [0.29, 0.717) is 0 Å². The van der Waals surface area contributed by atoms with Crippen LogP contribution in [0.4, 0.5) is 0 Å². The minimum Gasteiger partial charge on any atom is -0.508 e. The maximum absolute atomic E-state index is 10.9. The summed E-state index contributed by atoms with van der Waals surface area (Å²) in [7, 11) is 0. The minimum atomic E-state index is -1.61. The number of benzene rings is 1. The molecular formula is C14H18O9. The summed E-state index contributed by atoms with van der Waals surface area (Å²) in [6.45, 7) is -0.609. The summed E-state index contributed by atoms with van der Waals surface area (Å²) in [5.41, 5.74) is 0.134. The maximum Gasteiger partial charge on any atom is 0.307 e. The van der Waals surface area contributed by atoms with Gasteiger partial charge in [0, 0.05) is 5.56 Å². The van der Waals surface area contributed by atoms with Gasteiger partial charge in [-0.05, 0) is 18.2 Å². The largest absolute Gasteiger partial charge is 0.508 e. The van der Waals surface area contributed by atoms with Crippen molar-refractivity contribution in [3.8, 4) is 11.5 Å². The lowest BCUT2D eigenvalue weighted by Gasteiger charge is -2.39. The summed E-state index contributed by atoms with van der Waals surface area (Å²) in [5.74, 6) is -1.30. The molecule has 2 rings (SSSR count). The lowest BCUT2D eigenvalue weighted by atomic mass is 9.99. The van der Waals surface area contributed by atoms with E-state index in [0.717, 1.165) is 0 Å². The summed E-state index contributed by atoms with van der Waals surface area (Å²) in [4.78, 5) is 10.9. The maximum atomic E-state index is 10.9. The molecule has 23 heavy (non-hydrogen) atoms. The van der Waals surface area contributed by atoms with Crippen molar-refractivity contribution >= 4 is 5.97 Å². The summed E-state index contributed by atoms with van der Waals surface area (Å²) in [5, 5.41) is 56.7. The van der Waals surface area contributed by atoms with Gasteiger partial charge in [-0.2, -0.15) is 0 Å². The van der Waals surface area contributed by atoms with Crippen molar-refractivity contribution in [3.63, 3.8) is 0 Å². The second-order valence-corrected chi connectivity index (χ2v) is 5.18. The zero-order valence-electron chi connectivity index (χ0n) is 11.9. The number of phenols is 1. The fourth-order valence-electron chi connectivity index (χ4n) is 2.27. The van der Waals surface area contributed by atoms with Crippen molar-refractivity contribution < 1.29 is 44.9 Å². The number of phenolic OH excluding ortho intramolecular Hbond substituents is 1. The van der Waals surface area contributed by atoms with Crippen LogP contribution in [-0.2, 0) is 16.0 Å². The number of carboxylic acid groups (broad SMARTS) is 1. The standard InChI is InChI=1S/C14H18O9/c15-5-9-11(19)12(20)13(21)14(23-9)22-8-2-1-7(16)3-6(8)4-10(17)18/h1-3,9,11-16,19-21H,4-5H2,(H,17,18)/t9-,11+,12-,13+,14-/m0/s1. The third-order valence-electron chi connectivity index (χ3n) is 3.48. The number of carbonyl (C=O) groups is 1. The zero-order chi connectivity index (χ0) is 17.1. The number of aliphatic hydroxyl groups excluding tert-OH is 4. The third-order valence-corrected chi connectivity index (χ3v) is 3.48. The van der Waals surface area contributed by atoms with Gasteiger partial charge >= 0.3 is 5.97 Å². The molecule has 1 aliphatic heterocycles. The predicted octanol–water partition coefficient (Wildman–Crippen LogP) is -1.80. The Bertz CT molecular complexity index is 559. The Morgan fingerprint density at radius 1 is 1.17 bits per heavy atom. The van der Waals surface area contributed by atoms with Crippen molar-refractivity contribution in [2.45, 2.75) is 37.1 Å². The van der Waals surface area contributed by atoms with Crippen LogP contribution in [0.3, 0.4) is 0 Å². The Hall–Kier alpha value is -1.91. The van der Waals surface area contributed by atoms with Crippen LogP contribution in [0.15, 0.2) is 18.2 Å². The number of rotatable bonds is 5. The minimum absolute atomic E-state index is 0.0227. The quantitative estimate of drug-likeness (QED) is 0.366. The summed E-state index contributed by atoms with van der Waals surface area (Å²) in [6.07, 6.45) is -7.75. The number of hydrogen-bond acceptors (Lipinski definition) is 8. The Morgan fingerprint density at radius 2 is 1.87 bits per heavy atom. The Labute approximate surface area is 130 Å². The first kappa shape index (κ1) is 17.4. The highest BCUT2D eigenvalue weighted by Gasteiger charge is 2.44. The van der Waals surface area contributed by atoms with Crippen LogP contribution in [0.1, 0.15) is 5.56 Å². The van der Waals surface area contributed by atoms with Gasteiger partial charge < -0.3 is 40.1 Å². The number of hydrogen-bond donors (Lipinski definition) is 6. The average molecular weight is 330 g/mol. The highest BCUT2D eigenvalue weighted by Crippen LogP contribution is 2.29. The van der Waals surface area contributed by atoms with E-state index in [9.17, 15) is 25.2 Å². The topological polar surface area (TPSA) is 157 Å². The predicted molar refractivity (Wildman–Crippen MR) is 73.8 cm³/mol. The molecule has 0 saturated carbocycles. The number of carboxylic acids is 1. The first-order chi connectivity index (χ1) is 10.8. The first-order valence-electron chi connectivity index (χ1n) is 6.84. The van der Waals surface area contributed by atoms with Gasteiger partial charge in [0.2, 0.25) is 6.29 Å². The van der Waals surface area contributed by atoms with Crippen LogP contribution in [0, 0.1) is 0 Å². The molecule has 0 aliphatic carbocycles. The lowest BCUT2D eigenvalue weighted by Crippen LogP contribution is -2.60. The fourth-order valence-corrected chi connectivity index (χ4v) is 2.27. The molecule has 0 unspecified atom stereocenters. The molecular weight excluding hydrogens is 312 g/mol. The molecule has 128 valence electrons. The number of ether oxygens (including phenoxy) is 2. The normalized spacial score (nSPS) is 30.9. The van der Waals surface area contributed by atoms with Gasteiger partial charge in [-0.25, -0.2) is 0 Å². The van der Waals surface area contributed by atoms with E-state index in [1.54, 1.807) is 0 Å². The molecule has 9 nitrogen and oxygen atoms in total. The molecule has 5 atom stereocenters. The van der Waals surface area contributed by atoms with Gasteiger partial charge in [-0.3, -0.25) is 4.79 Å². The van der Waals surface area contributed by atoms with Crippen LogP contribution < -0.4 is 4.74 Å². The van der Waals surface area contributed by atoms with Gasteiger partial charge in [0.05, 0.1) is 13.0 Å². The van der Waals surface area contributed by atoms with Crippen LogP contribution in [0.5, 0.6) is 11.5 Å². The molecule has 6 N–H and O–H groups in total. The van der Waals surface area contributed by atoms with Gasteiger partial charge in [0.15, 0.2) is 0 Å². The zero-order valence-corrected chi connectivity index (χ0v) is 11.9. The van der Waals surface area contributed by atoms with Crippen molar-refractivity contribution in [2.75, 3.05) is 6.61 Å². The van der Waals surface area contributed by atoms with Crippen molar-refractivity contribution in [3.05, 3.63) is 23.8 Å². The molecule has 0 aromatic heterocycles. The Balaban J connectivity index is 2.22. The Kier molecular flexibility index (Phi) is 5.39. The highest BCUT2D eigenvalue weighted by atomic mass is 16.7. The smallest absolute Gasteiger partial charge is 0.307 e. The van der Waals surface area contributed by atoms with E-state index in [4.69, 9.17) is 19.7 Å². The fraction of sp³-hybridized carbons (Fsp3) is 0.500. The van der Waals surface area contributed by atoms with Crippen molar-refractivity contribution in [2.24, 2.45) is 0 Å². The second kappa shape index (κ2) is 7.11. The highest BCUT2D eigenvalue weighted by molar-refractivity contribution is 5.71. The average Bonchev–Trinajstić information content (AvgIpc) is 2.49. The Morgan fingerprint density at radius 3 is 2.48 bits per heavy atom. The molecule has 1 fully saturated rings. The van der Waals surface area contributed by atoms with E-state index in [-0.39, 0.29) is 17.1 Å². The van der Waals surface area contributed by atoms with E-state index in [1.807, 2.05) is 0 Å². The van der Waals surface area contributed by atoms with Gasteiger partial charge in [0.25, 0.3) is 0 Å². The third kappa shape index (κ3) is 3.89. The van der Waals surface area contributed by atoms with Crippen LogP contribution in [-0.4, -0.2) is 73.9 Å². The molecule has 0 bridgehead atoms. The SMILES string of the molecule is O=C(O)Cc1cc(O)ccc1O[C@H]1O[C@@H](CO)[C@@H](O)[C@H](O)[C@H]1O. The van der Waals surface area contributed by atoms with E-state index in [1.165, 1.54) is 18.2 Å². The number of aliphatic carboxylic acids is 1. The summed E-state index contributed by atoms with van der Waals surface area (Å²) < 4.78 is 10.6. The summed E-state index contributed by atoms with van der Waals surface area (Å²) >= 11 is 0. The van der Waals surface area contributed by atoms with Crippen LogP contribution >= 0.6 is 0 Å². The number of aromatic hydroxyl groups is 1. The molecule has 1 heterocycles. The van der Waals surface area contributed by atoms with Crippen LogP contribution in [0.25, 0.3) is 0 Å². The van der Waals surface area contributed by atoms with Crippen molar-refractivity contribution in [1.82, 2.24) is 0 Å². The van der Waals surface area contributed by atoms with E-state index < -0.39 is 49.7 Å². The molecule has 1 aromatic rings.